The van der Waals surface area contributed by atoms with Gasteiger partial charge in [-0.25, -0.2) is 0 Å². The molecule has 0 bridgehead atoms. The van der Waals surface area contributed by atoms with Crippen LogP contribution in [0.3, 0.4) is 0 Å². The zero-order chi connectivity index (χ0) is 11.2. The third-order valence-electron chi connectivity index (χ3n) is 1.26. The molecule has 0 aromatic carbocycles. The van der Waals surface area contributed by atoms with Crippen molar-refractivity contribution < 1.29 is 23.6 Å². The fraction of sp³-hybridized carbons (Fsp3) is 0.667. The molecule has 0 heterocycles. The SMILES string of the molecule is NCC(=O)COP(=O)(O)CC(=O)CN. The van der Waals surface area contributed by atoms with E-state index in [9.17, 15) is 14.2 Å². The fourth-order valence-electron chi connectivity index (χ4n) is 0.565. The van der Waals surface area contributed by atoms with Gasteiger partial charge in [-0.1, -0.05) is 0 Å². The predicted molar refractivity (Wildman–Crippen MR) is 48.8 cm³/mol. The van der Waals surface area contributed by atoms with Crippen molar-refractivity contribution in [1.82, 2.24) is 0 Å². The van der Waals surface area contributed by atoms with Gasteiger partial charge in [0.1, 0.15) is 12.8 Å². The van der Waals surface area contributed by atoms with E-state index in [4.69, 9.17) is 16.4 Å². The lowest BCUT2D eigenvalue weighted by molar-refractivity contribution is -0.120. The van der Waals surface area contributed by atoms with Gasteiger partial charge in [-0.15, -0.1) is 0 Å². The second kappa shape index (κ2) is 6.00. The average Bonchev–Trinajstić information content (AvgIpc) is 2.13. The van der Waals surface area contributed by atoms with Crippen LogP contribution < -0.4 is 11.5 Å². The Labute approximate surface area is 80.9 Å². The highest BCUT2D eigenvalue weighted by Crippen LogP contribution is 2.41. The molecule has 0 spiro atoms. The molecule has 0 aliphatic rings. The molecule has 0 fully saturated rings. The summed E-state index contributed by atoms with van der Waals surface area (Å²) in [6, 6.07) is 0. The maximum atomic E-state index is 11.1. The standard InChI is InChI=1S/C6H13N2O5P/c7-1-5(9)3-13-14(11,12)4-6(10)2-8/h1-4,7-8H2,(H,11,12). The van der Waals surface area contributed by atoms with Crippen LogP contribution in [-0.4, -0.2) is 42.3 Å². The third-order valence-corrected chi connectivity index (χ3v) is 2.54. The first-order valence-electron chi connectivity index (χ1n) is 3.81. The van der Waals surface area contributed by atoms with Gasteiger partial charge < -0.3 is 20.9 Å². The summed E-state index contributed by atoms with van der Waals surface area (Å²) in [6.07, 6.45) is -0.679. The number of hydrogen-bond donors (Lipinski definition) is 3. The predicted octanol–water partition coefficient (Wildman–Crippen LogP) is -1.76. The quantitative estimate of drug-likeness (QED) is 0.436. The minimum absolute atomic E-state index is 0.273. The summed E-state index contributed by atoms with van der Waals surface area (Å²) in [6.45, 7) is -1.17. The van der Waals surface area contributed by atoms with Crippen LogP contribution in [0.25, 0.3) is 0 Å². The maximum Gasteiger partial charge on any atom is 0.335 e. The fourth-order valence-corrected chi connectivity index (χ4v) is 1.58. The second-order valence-electron chi connectivity index (χ2n) is 2.55. The molecule has 1 unspecified atom stereocenters. The van der Waals surface area contributed by atoms with E-state index in [-0.39, 0.29) is 13.1 Å². The summed E-state index contributed by atoms with van der Waals surface area (Å²) >= 11 is 0. The minimum atomic E-state index is -4.04. The smallest absolute Gasteiger partial charge is 0.324 e. The molecule has 1 atom stereocenters. The highest BCUT2D eigenvalue weighted by Gasteiger charge is 2.23. The number of ketones is 2. The van der Waals surface area contributed by atoms with E-state index in [1.165, 1.54) is 0 Å². The third kappa shape index (κ3) is 5.95. The van der Waals surface area contributed by atoms with Crippen molar-refractivity contribution >= 4 is 19.2 Å². The topological polar surface area (TPSA) is 133 Å². The monoisotopic (exact) mass is 224 g/mol. The van der Waals surface area contributed by atoms with E-state index in [2.05, 4.69) is 4.52 Å². The molecule has 0 saturated carbocycles. The molecule has 5 N–H and O–H groups in total. The number of hydrogen-bond acceptors (Lipinski definition) is 6. The largest absolute Gasteiger partial charge is 0.335 e. The molecular formula is C6H13N2O5P. The first-order chi connectivity index (χ1) is 6.41. The van der Waals surface area contributed by atoms with Crippen LogP contribution in [0.1, 0.15) is 0 Å². The van der Waals surface area contributed by atoms with Crippen LogP contribution in [0.5, 0.6) is 0 Å². The Morgan fingerprint density at radius 1 is 1.21 bits per heavy atom. The zero-order valence-corrected chi connectivity index (χ0v) is 8.40. The molecular weight excluding hydrogens is 211 g/mol. The van der Waals surface area contributed by atoms with Crippen LogP contribution in [0, 0.1) is 0 Å². The number of nitrogens with two attached hydrogens (primary N) is 2. The maximum absolute atomic E-state index is 11.1. The van der Waals surface area contributed by atoms with Crippen LogP contribution in [-0.2, 0) is 18.7 Å². The number of carbonyl (C=O) groups is 2. The Kier molecular flexibility index (Phi) is 5.75. The van der Waals surface area contributed by atoms with Crippen molar-refractivity contribution in [2.75, 3.05) is 25.9 Å². The van der Waals surface area contributed by atoms with E-state index in [0.717, 1.165) is 0 Å². The molecule has 0 rings (SSSR count). The van der Waals surface area contributed by atoms with Crippen molar-refractivity contribution in [1.29, 1.82) is 0 Å². The van der Waals surface area contributed by atoms with E-state index >= 15 is 0 Å². The lowest BCUT2D eigenvalue weighted by Crippen LogP contribution is -2.21. The average molecular weight is 224 g/mol. The number of Topliss-reactive ketones (excluding diaryl/α,β-unsaturated/α-hetero) is 2. The minimum Gasteiger partial charge on any atom is -0.324 e. The normalized spacial score (nSPS) is 14.8. The van der Waals surface area contributed by atoms with Gasteiger partial charge in [0, 0.05) is 0 Å². The lowest BCUT2D eigenvalue weighted by Gasteiger charge is -2.09. The molecule has 0 aliphatic heterocycles. The van der Waals surface area contributed by atoms with Gasteiger partial charge in [0.25, 0.3) is 0 Å². The molecule has 14 heavy (non-hydrogen) atoms. The van der Waals surface area contributed by atoms with E-state index in [1.807, 2.05) is 0 Å². The molecule has 8 heteroatoms. The van der Waals surface area contributed by atoms with Crippen molar-refractivity contribution in [2.24, 2.45) is 11.5 Å². The zero-order valence-electron chi connectivity index (χ0n) is 7.51. The van der Waals surface area contributed by atoms with E-state index in [1.54, 1.807) is 0 Å². The van der Waals surface area contributed by atoms with Crippen LogP contribution in [0.2, 0.25) is 0 Å². The molecule has 0 aromatic heterocycles. The van der Waals surface area contributed by atoms with E-state index < -0.39 is 31.9 Å². The van der Waals surface area contributed by atoms with Crippen molar-refractivity contribution in [3.05, 3.63) is 0 Å². The summed E-state index contributed by atoms with van der Waals surface area (Å²) < 4.78 is 15.4. The Morgan fingerprint density at radius 3 is 2.14 bits per heavy atom. The molecule has 7 nitrogen and oxygen atoms in total. The molecule has 0 radical (unpaired) electrons. The molecule has 0 aliphatic carbocycles. The second-order valence-corrected chi connectivity index (χ2v) is 4.40. The van der Waals surface area contributed by atoms with Crippen molar-refractivity contribution in [3.63, 3.8) is 0 Å². The molecule has 0 aromatic rings. The Balaban J connectivity index is 4.01. The van der Waals surface area contributed by atoms with Gasteiger partial charge in [-0.05, 0) is 0 Å². The van der Waals surface area contributed by atoms with Crippen molar-refractivity contribution in [3.8, 4) is 0 Å². The summed E-state index contributed by atoms with van der Waals surface area (Å²) in [4.78, 5) is 30.3. The summed E-state index contributed by atoms with van der Waals surface area (Å²) in [5, 5.41) is 0. The van der Waals surface area contributed by atoms with Crippen molar-refractivity contribution in [2.45, 2.75) is 0 Å². The van der Waals surface area contributed by atoms with Gasteiger partial charge in [0.05, 0.1) is 13.1 Å². The summed E-state index contributed by atoms with van der Waals surface area (Å²) in [5.41, 5.74) is 9.88. The molecule has 0 saturated heterocycles. The molecule has 0 amide bonds. The summed E-state index contributed by atoms with van der Waals surface area (Å²) in [5.74, 6) is -1.12. The van der Waals surface area contributed by atoms with Gasteiger partial charge in [0.2, 0.25) is 0 Å². The Hall–Kier alpha value is -0.590. The Morgan fingerprint density at radius 2 is 1.71 bits per heavy atom. The first-order valence-corrected chi connectivity index (χ1v) is 5.57. The molecule has 82 valence electrons. The van der Waals surface area contributed by atoms with Gasteiger partial charge >= 0.3 is 7.60 Å². The van der Waals surface area contributed by atoms with E-state index in [0.29, 0.717) is 0 Å². The number of rotatable bonds is 7. The van der Waals surface area contributed by atoms with Gasteiger partial charge in [-0.3, -0.25) is 14.2 Å². The van der Waals surface area contributed by atoms with Gasteiger partial charge in [0.15, 0.2) is 11.6 Å². The Bertz CT molecular complexity index is 267. The van der Waals surface area contributed by atoms with Crippen LogP contribution in [0.15, 0.2) is 0 Å². The highest BCUT2D eigenvalue weighted by molar-refractivity contribution is 7.53. The van der Waals surface area contributed by atoms with Crippen LogP contribution in [0.4, 0.5) is 0 Å². The van der Waals surface area contributed by atoms with Gasteiger partial charge in [-0.2, -0.15) is 0 Å². The van der Waals surface area contributed by atoms with Crippen LogP contribution >= 0.6 is 7.60 Å². The summed E-state index contributed by atoms with van der Waals surface area (Å²) in [7, 11) is -4.04. The number of carbonyl (C=O) groups excluding carboxylic acids is 2. The highest BCUT2D eigenvalue weighted by atomic mass is 31.2. The lowest BCUT2D eigenvalue weighted by atomic mass is 10.4. The first kappa shape index (κ1) is 13.4.